The molecule has 1 heterocycles. The number of rotatable bonds is 4. The van der Waals surface area contributed by atoms with Crippen LogP contribution in [0.3, 0.4) is 0 Å². The summed E-state index contributed by atoms with van der Waals surface area (Å²) in [5, 5.41) is 6.89. The molecule has 1 saturated carbocycles. The van der Waals surface area contributed by atoms with Gasteiger partial charge in [-0.05, 0) is 24.2 Å². The van der Waals surface area contributed by atoms with Gasteiger partial charge >= 0.3 is 0 Å². The highest BCUT2D eigenvalue weighted by atomic mass is 15.0. The lowest BCUT2D eigenvalue weighted by Gasteiger charge is -2.39. The van der Waals surface area contributed by atoms with Crippen LogP contribution in [-0.4, -0.2) is 26.2 Å². The Hall–Kier alpha value is -0.0800. The van der Waals surface area contributed by atoms with Gasteiger partial charge in [-0.25, -0.2) is 0 Å². The normalized spacial score (nSPS) is 27.8. The Kier molecular flexibility index (Phi) is 2.37. The third-order valence-electron chi connectivity index (χ3n) is 3.41. The van der Waals surface area contributed by atoms with E-state index in [2.05, 4.69) is 17.6 Å². The van der Waals surface area contributed by atoms with Gasteiger partial charge in [-0.3, -0.25) is 0 Å². The molecule has 0 bridgehead atoms. The van der Waals surface area contributed by atoms with Gasteiger partial charge in [-0.15, -0.1) is 0 Å². The molecule has 0 radical (unpaired) electrons. The van der Waals surface area contributed by atoms with Gasteiger partial charge in [-0.2, -0.15) is 0 Å². The molecule has 0 amide bonds. The van der Waals surface area contributed by atoms with Crippen LogP contribution >= 0.6 is 0 Å². The zero-order valence-electron chi connectivity index (χ0n) is 8.03. The minimum Gasteiger partial charge on any atom is -0.316 e. The minimum atomic E-state index is 0.650. The molecule has 0 unspecified atom stereocenters. The molecular weight excluding hydrogens is 148 g/mol. The predicted molar refractivity (Wildman–Crippen MR) is 51.2 cm³/mol. The van der Waals surface area contributed by atoms with Gasteiger partial charge in [0.2, 0.25) is 0 Å². The van der Waals surface area contributed by atoms with E-state index in [1.54, 1.807) is 0 Å². The first kappa shape index (κ1) is 8.52. The fraction of sp³-hybridized carbons (Fsp3) is 1.00. The molecule has 12 heavy (non-hydrogen) atoms. The summed E-state index contributed by atoms with van der Waals surface area (Å²) in [6.45, 7) is 7.32. The van der Waals surface area contributed by atoms with Gasteiger partial charge in [-0.1, -0.05) is 13.3 Å². The summed E-state index contributed by atoms with van der Waals surface area (Å²) in [6.07, 6.45) is 4.31. The number of nitrogens with one attached hydrogen (secondary N) is 2. The second kappa shape index (κ2) is 3.35. The zero-order valence-corrected chi connectivity index (χ0v) is 8.03. The summed E-state index contributed by atoms with van der Waals surface area (Å²) in [7, 11) is 0. The third kappa shape index (κ3) is 1.80. The fourth-order valence-electron chi connectivity index (χ4n) is 2.03. The van der Waals surface area contributed by atoms with E-state index >= 15 is 0 Å². The molecule has 0 aromatic rings. The molecule has 0 atom stereocenters. The first-order valence-electron chi connectivity index (χ1n) is 5.20. The van der Waals surface area contributed by atoms with Crippen LogP contribution in [0.4, 0.5) is 0 Å². The van der Waals surface area contributed by atoms with E-state index in [9.17, 15) is 0 Å². The van der Waals surface area contributed by atoms with Crippen LogP contribution in [0.1, 0.15) is 26.2 Å². The second-order valence-electron chi connectivity index (χ2n) is 4.82. The maximum Gasteiger partial charge on any atom is 0.000529 e. The van der Waals surface area contributed by atoms with E-state index in [0.717, 1.165) is 5.92 Å². The highest BCUT2D eigenvalue weighted by Crippen LogP contribution is 2.39. The van der Waals surface area contributed by atoms with Crippen molar-refractivity contribution in [2.45, 2.75) is 26.2 Å². The van der Waals surface area contributed by atoms with E-state index in [4.69, 9.17) is 0 Å². The third-order valence-corrected chi connectivity index (χ3v) is 3.41. The van der Waals surface area contributed by atoms with Crippen LogP contribution in [0.2, 0.25) is 0 Å². The van der Waals surface area contributed by atoms with Crippen molar-refractivity contribution < 1.29 is 0 Å². The predicted octanol–water partition coefficient (Wildman–Crippen LogP) is 0.986. The van der Waals surface area contributed by atoms with Gasteiger partial charge in [0.1, 0.15) is 0 Å². The van der Waals surface area contributed by atoms with E-state index in [1.165, 1.54) is 45.4 Å². The molecule has 1 aliphatic carbocycles. The highest BCUT2D eigenvalue weighted by molar-refractivity contribution is 4.86. The Morgan fingerprint density at radius 1 is 1.42 bits per heavy atom. The molecule has 1 aliphatic heterocycles. The molecule has 2 aliphatic rings. The van der Waals surface area contributed by atoms with E-state index < -0.39 is 0 Å². The Bertz CT molecular complexity index is 148. The first-order chi connectivity index (χ1) is 5.79. The number of hydrogen-bond acceptors (Lipinski definition) is 2. The summed E-state index contributed by atoms with van der Waals surface area (Å²) < 4.78 is 0. The molecule has 70 valence electrons. The SMILES string of the molecule is CC1(CNCC2CNC2)CCC1. The lowest BCUT2D eigenvalue weighted by atomic mass is 9.70. The minimum absolute atomic E-state index is 0.650. The summed E-state index contributed by atoms with van der Waals surface area (Å²) in [6, 6.07) is 0. The smallest absolute Gasteiger partial charge is 0.000529 e. The molecule has 2 fully saturated rings. The van der Waals surface area contributed by atoms with Gasteiger partial charge < -0.3 is 10.6 Å². The van der Waals surface area contributed by atoms with Crippen LogP contribution in [0.5, 0.6) is 0 Å². The standard InChI is InChI=1S/C10H20N2/c1-10(3-2-4-10)8-12-7-9-5-11-6-9/h9,11-12H,2-8H2,1H3. The van der Waals surface area contributed by atoms with E-state index in [1.807, 2.05) is 0 Å². The van der Waals surface area contributed by atoms with Crippen molar-refractivity contribution >= 4 is 0 Å². The van der Waals surface area contributed by atoms with Crippen molar-refractivity contribution in [3.05, 3.63) is 0 Å². The van der Waals surface area contributed by atoms with Crippen LogP contribution < -0.4 is 10.6 Å². The molecule has 0 aromatic heterocycles. The molecule has 0 aromatic carbocycles. The van der Waals surface area contributed by atoms with Crippen LogP contribution in [0, 0.1) is 11.3 Å². The summed E-state index contributed by atoms with van der Waals surface area (Å²) in [5.41, 5.74) is 0.650. The average molecular weight is 168 g/mol. The fourth-order valence-corrected chi connectivity index (χ4v) is 2.03. The van der Waals surface area contributed by atoms with Gasteiger partial charge in [0, 0.05) is 26.2 Å². The summed E-state index contributed by atoms with van der Waals surface area (Å²) in [4.78, 5) is 0. The van der Waals surface area contributed by atoms with Gasteiger partial charge in [0.05, 0.1) is 0 Å². The van der Waals surface area contributed by atoms with Crippen molar-refractivity contribution in [2.75, 3.05) is 26.2 Å². The van der Waals surface area contributed by atoms with Crippen molar-refractivity contribution in [2.24, 2.45) is 11.3 Å². The van der Waals surface area contributed by atoms with Crippen molar-refractivity contribution in [3.8, 4) is 0 Å². The average Bonchev–Trinajstić information content (AvgIpc) is 1.91. The Labute approximate surface area is 75.1 Å². The van der Waals surface area contributed by atoms with E-state index in [0.29, 0.717) is 5.41 Å². The Morgan fingerprint density at radius 2 is 2.17 bits per heavy atom. The lowest BCUT2D eigenvalue weighted by molar-refractivity contribution is 0.151. The zero-order chi connectivity index (χ0) is 8.44. The lowest BCUT2D eigenvalue weighted by Crippen LogP contribution is -2.49. The van der Waals surface area contributed by atoms with Gasteiger partial charge in [0.25, 0.3) is 0 Å². The van der Waals surface area contributed by atoms with Crippen molar-refractivity contribution in [1.82, 2.24) is 10.6 Å². The maximum atomic E-state index is 3.59. The van der Waals surface area contributed by atoms with Crippen LogP contribution in [-0.2, 0) is 0 Å². The molecule has 0 spiro atoms. The molecule has 2 nitrogen and oxygen atoms in total. The molecular formula is C10H20N2. The quantitative estimate of drug-likeness (QED) is 0.654. The first-order valence-corrected chi connectivity index (χ1v) is 5.20. The highest BCUT2D eigenvalue weighted by Gasteiger charge is 2.31. The van der Waals surface area contributed by atoms with E-state index in [-0.39, 0.29) is 0 Å². The maximum absolute atomic E-state index is 3.59. The Balaban J connectivity index is 1.55. The van der Waals surface area contributed by atoms with Crippen molar-refractivity contribution in [1.29, 1.82) is 0 Å². The van der Waals surface area contributed by atoms with Crippen LogP contribution in [0.15, 0.2) is 0 Å². The largest absolute Gasteiger partial charge is 0.316 e. The second-order valence-corrected chi connectivity index (χ2v) is 4.82. The monoisotopic (exact) mass is 168 g/mol. The molecule has 1 saturated heterocycles. The topological polar surface area (TPSA) is 24.1 Å². The van der Waals surface area contributed by atoms with Crippen molar-refractivity contribution in [3.63, 3.8) is 0 Å². The Morgan fingerprint density at radius 3 is 2.58 bits per heavy atom. The van der Waals surface area contributed by atoms with Gasteiger partial charge in [0.15, 0.2) is 0 Å². The summed E-state index contributed by atoms with van der Waals surface area (Å²) in [5.74, 6) is 0.911. The summed E-state index contributed by atoms with van der Waals surface area (Å²) >= 11 is 0. The van der Waals surface area contributed by atoms with Crippen LogP contribution in [0.25, 0.3) is 0 Å². The molecule has 2 rings (SSSR count). The molecule has 2 N–H and O–H groups in total. The molecule has 2 heteroatoms. The number of hydrogen-bond donors (Lipinski definition) is 2.